The molecule has 0 aromatic heterocycles. The van der Waals surface area contributed by atoms with E-state index in [1.807, 2.05) is 0 Å². The minimum absolute atomic E-state index is 0.320. The molecule has 14 heavy (non-hydrogen) atoms. The van der Waals surface area contributed by atoms with E-state index in [0.717, 1.165) is 25.3 Å². The van der Waals surface area contributed by atoms with Gasteiger partial charge in [0.05, 0.1) is 0 Å². The summed E-state index contributed by atoms with van der Waals surface area (Å²) >= 11 is 0. The van der Waals surface area contributed by atoms with Crippen molar-refractivity contribution in [1.82, 2.24) is 4.90 Å². The van der Waals surface area contributed by atoms with Crippen LogP contribution in [0.1, 0.15) is 46.5 Å². The quantitative estimate of drug-likeness (QED) is 0.625. The summed E-state index contributed by atoms with van der Waals surface area (Å²) in [6, 6.07) is 0.627. The molecule has 0 saturated heterocycles. The molecule has 0 aromatic carbocycles. The number of carbonyl (C=O) groups is 1. The maximum absolute atomic E-state index is 10.8. The van der Waals surface area contributed by atoms with Crippen LogP contribution in [0.4, 0.5) is 0 Å². The zero-order valence-electron chi connectivity index (χ0n) is 9.75. The average molecular weight is 197 g/mol. The zero-order chi connectivity index (χ0) is 10.6. The first-order valence-corrected chi connectivity index (χ1v) is 5.83. The van der Waals surface area contributed by atoms with Gasteiger partial charge in [0, 0.05) is 19.0 Å². The third kappa shape index (κ3) is 4.75. The second-order valence-electron chi connectivity index (χ2n) is 4.84. The molecule has 0 atom stereocenters. The van der Waals surface area contributed by atoms with Crippen molar-refractivity contribution in [2.75, 3.05) is 13.1 Å². The zero-order valence-corrected chi connectivity index (χ0v) is 9.75. The molecule has 0 aromatic rings. The first-order chi connectivity index (χ1) is 6.59. The smallest absolute Gasteiger partial charge is 0.129 e. The van der Waals surface area contributed by atoms with Crippen molar-refractivity contribution in [2.45, 2.75) is 52.5 Å². The van der Waals surface area contributed by atoms with Crippen molar-refractivity contribution in [3.63, 3.8) is 0 Å². The molecule has 1 rings (SSSR count). The molecule has 0 aliphatic heterocycles. The molecule has 2 nitrogen and oxygen atoms in total. The summed E-state index contributed by atoms with van der Waals surface area (Å²) in [4.78, 5) is 13.3. The summed E-state index contributed by atoms with van der Waals surface area (Å²) in [5.41, 5.74) is 0. The van der Waals surface area contributed by atoms with Crippen LogP contribution in [0.3, 0.4) is 0 Å². The Morgan fingerprint density at radius 1 is 1.43 bits per heavy atom. The Morgan fingerprint density at radius 3 is 2.50 bits per heavy atom. The van der Waals surface area contributed by atoms with Gasteiger partial charge in [-0.3, -0.25) is 0 Å². The molecule has 82 valence electrons. The van der Waals surface area contributed by atoms with Gasteiger partial charge in [0.15, 0.2) is 0 Å². The van der Waals surface area contributed by atoms with Crippen molar-refractivity contribution in [2.24, 2.45) is 5.92 Å². The van der Waals surface area contributed by atoms with Gasteiger partial charge >= 0.3 is 0 Å². The summed E-state index contributed by atoms with van der Waals surface area (Å²) in [6.07, 6.45) is 4.60. The lowest BCUT2D eigenvalue weighted by molar-refractivity contribution is -0.117. The number of rotatable bonds is 7. The maximum atomic E-state index is 10.8. The highest BCUT2D eigenvalue weighted by Gasteiger charge is 2.24. The van der Waals surface area contributed by atoms with E-state index in [1.165, 1.54) is 19.4 Å². The van der Waals surface area contributed by atoms with Gasteiger partial charge in [-0.15, -0.1) is 0 Å². The molecule has 1 saturated carbocycles. The van der Waals surface area contributed by atoms with Crippen molar-refractivity contribution in [1.29, 1.82) is 0 Å². The lowest BCUT2D eigenvalue weighted by Crippen LogP contribution is -2.33. The Hall–Kier alpha value is -0.370. The lowest BCUT2D eigenvalue weighted by Gasteiger charge is -2.26. The minimum Gasteiger partial charge on any atom is -0.301 e. The topological polar surface area (TPSA) is 20.3 Å². The molecule has 1 aliphatic rings. The Morgan fingerprint density at radius 2 is 2.07 bits per heavy atom. The fourth-order valence-corrected chi connectivity index (χ4v) is 1.72. The Kier molecular flexibility index (Phi) is 4.59. The fourth-order valence-electron chi connectivity index (χ4n) is 1.72. The summed E-state index contributed by atoms with van der Waals surface area (Å²) in [5, 5.41) is 0. The van der Waals surface area contributed by atoms with Gasteiger partial charge in [-0.25, -0.2) is 0 Å². The van der Waals surface area contributed by atoms with E-state index in [1.54, 1.807) is 6.92 Å². The molecular weight excluding hydrogens is 174 g/mol. The van der Waals surface area contributed by atoms with E-state index < -0.39 is 0 Å². The van der Waals surface area contributed by atoms with E-state index in [4.69, 9.17) is 0 Å². The third-order valence-electron chi connectivity index (χ3n) is 2.89. The molecule has 1 fully saturated rings. The second kappa shape index (κ2) is 5.50. The van der Waals surface area contributed by atoms with Gasteiger partial charge in [-0.2, -0.15) is 0 Å². The Bertz CT molecular complexity index is 185. The highest BCUT2D eigenvalue weighted by atomic mass is 16.1. The number of nitrogens with zero attached hydrogens (tertiary/aromatic N) is 1. The van der Waals surface area contributed by atoms with Crippen molar-refractivity contribution in [3.8, 4) is 0 Å². The third-order valence-corrected chi connectivity index (χ3v) is 2.89. The Balaban J connectivity index is 2.16. The van der Waals surface area contributed by atoms with Gasteiger partial charge in [-0.05, 0) is 52.5 Å². The molecule has 1 aliphatic carbocycles. The molecule has 0 heterocycles. The largest absolute Gasteiger partial charge is 0.301 e. The van der Waals surface area contributed by atoms with Gasteiger partial charge < -0.3 is 9.69 Å². The van der Waals surface area contributed by atoms with Crippen LogP contribution in [0.5, 0.6) is 0 Å². The average Bonchev–Trinajstić information content (AvgIpc) is 2.85. The summed E-state index contributed by atoms with van der Waals surface area (Å²) in [7, 11) is 0. The number of Topliss-reactive ketones (excluding diaryl/α,β-unsaturated/α-hetero) is 1. The number of hydrogen-bond donors (Lipinski definition) is 0. The van der Waals surface area contributed by atoms with Crippen LogP contribution in [0, 0.1) is 5.92 Å². The van der Waals surface area contributed by atoms with Crippen molar-refractivity contribution < 1.29 is 4.79 Å². The molecule has 0 amide bonds. The van der Waals surface area contributed by atoms with Crippen molar-refractivity contribution in [3.05, 3.63) is 0 Å². The van der Waals surface area contributed by atoms with Gasteiger partial charge in [0.25, 0.3) is 0 Å². The number of hydrogen-bond acceptors (Lipinski definition) is 2. The van der Waals surface area contributed by atoms with Gasteiger partial charge in [0.2, 0.25) is 0 Å². The highest BCUT2D eigenvalue weighted by Crippen LogP contribution is 2.30. The summed E-state index contributed by atoms with van der Waals surface area (Å²) in [6.45, 7) is 8.51. The predicted molar refractivity (Wildman–Crippen MR) is 59.3 cm³/mol. The van der Waals surface area contributed by atoms with Gasteiger partial charge in [-0.1, -0.05) is 0 Å². The summed E-state index contributed by atoms with van der Waals surface area (Å²) < 4.78 is 0. The van der Waals surface area contributed by atoms with E-state index in [2.05, 4.69) is 18.7 Å². The molecule has 0 radical (unpaired) electrons. The Labute approximate surface area is 87.7 Å². The first kappa shape index (κ1) is 11.7. The standard InChI is InChI=1S/C12H23NO/c1-10(2)13(9-12-6-7-12)8-4-5-11(3)14/h10,12H,4-9H2,1-3H3. The fraction of sp³-hybridized carbons (Fsp3) is 0.917. The molecule has 0 bridgehead atoms. The van der Waals surface area contributed by atoms with Crippen LogP contribution in [0.2, 0.25) is 0 Å². The normalized spacial score (nSPS) is 16.6. The van der Waals surface area contributed by atoms with Crippen LogP contribution >= 0.6 is 0 Å². The highest BCUT2D eigenvalue weighted by molar-refractivity contribution is 5.75. The van der Waals surface area contributed by atoms with Crippen molar-refractivity contribution >= 4 is 5.78 Å². The van der Waals surface area contributed by atoms with E-state index in [9.17, 15) is 4.79 Å². The molecular formula is C12H23NO. The van der Waals surface area contributed by atoms with E-state index in [0.29, 0.717) is 11.8 Å². The van der Waals surface area contributed by atoms with Crippen LogP contribution in [-0.4, -0.2) is 29.8 Å². The van der Waals surface area contributed by atoms with Crippen LogP contribution in [0.25, 0.3) is 0 Å². The molecule has 0 unspecified atom stereocenters. The minimum atomic E-state index is 0.320. The molecule has 0 N–H and O–H groups in total. The van der Waals surface area contributed by atoms with Gasteiger partial charge in [0.1, 0.15) is 5.78 Å². The van der Waals surface area contributed by atoms with Crippen LogP contribution in [-0.2, 0) is 4.79 Å². The predicted octanol–water partition coefficient (Wildman–Crippen LogP) is 2.48. The molecule has 0 spiro atoms. The van der Waals surface area contributed by atoms with Crippen LogP contribution in [0.15, 0.2) is 0 Å². The number of ketones is 1. The first-order valence-electron chi connectivity index (χ1n) is 5.83. The number of carbonyl (C=O) groups excluding carboxylic acids is 1. The molecule has 2 heteroatoms. The second-order valence-corrected chi connectivity index (χ2v) is 4.84. The van der Waals surface area contributed by atoms with E-state index >= 15 is 0 Å². The van der Waals surface area contributed by atoms with E-state index in [-0.39, 0.29) is 0 Å². The maximum Gasteiger partial charge on any atom is 0.129 e. The van der Waals surface area contributed by atoms with Crippen LogP contribution < -0.4 is 0 Å². The lowest BCUT2D eigenvalue weighted by atomic mass is 10.2. The monoisotopic (exact) mass is 197 g/mol. The SMILES string of the molecule is CC(=O)CCCN(CC1CC1)C(C)C. The summed E-state index contributed by atoms with van der Waals surface area (Å²) in [5.74, 6) is 1.27.